The molecule has 0 saturated heterocycles. The van der Waals surface area contributed by atoms with Crippen LogP contribution in [-0.4, -0.2) is 9.55 Å². The zero-order valence-corrected chi connectivity index (χ0v) is 10.7. The number of aromatic nitrogens is 2. The Morgan fingerprint density at radius 1 is 1.19 bits per heavy atom. The van der Waals surface area contributed by atoms with Crippen molar-refractivity contribution in [3.8, 4) is 0 Å². The summed E-state index contributed by atoms with van der Waals surface area (Å²) in [4.78, 5) is 4.89. The number of hydrogen-bond donors (Lipinski definition) is 0. The van der Waals surface area contributed by atoms with Crippen LogP contribution in [0.2, 0.25) is 0 Å². The van der Waals surface area contributed by atoms with Gasteiger partial charge < -0.3 is 4.57 Å². The van der Waals surface area contributed by atoms with E-state index in [9.17, 15) is 0 Å². The van der Waals surface area contributed by atoms with Crippen LogP contribution in [0.15, 0.2) is 0 Å². The van der Waals surface area contributed by atoms with Crippen molar-refractivity contribution in [2.45, 2.75) is 58.9 Å². The number of imidazole rings is 1. The first-order valence-corrected chi connectivity index (χ1v) is 6.73. The quantitative estimate of drug-likeness (QED) is 0.654. The van der Waals surface area contributed by atoms with Crippen LogP contribution in [-0.2, 0) is 19.4 Å². The van der Waals surface area contributed by atoms with Crippen LogP contribution in [0.1, 0.15) is 56.7 Å². The van der Waals surface area contributed by atoms with Gasteiger partial charge in [0.2, 0.25) is 0 Å². The second-order valence-corrected chi connectivity index (χ2v) is 6.06. The van der Waals surface area contributed by atoms with Gasteiger partial charge in [-0.05, 0) is 37.0 Å². The van der Waals surface area contributed by atoms with Crippen molar-refractivity contribution >= 4 is 0 Å². The monoisotopic (exact) mass is 218 g/mol. The summed E-state index contributed by atoms with van der Waals surface area (Å²) in [5, 5.41) is 0. The van der Waals surface area contributed by atoms with E-state index in [-0.39, 0.29) is 0 Å². The van der Waals surface area contributed by atoms with Crippen LogP contribution >= 0.6 is 0 Å². The van der Waals surface area contributed by atoms with Crippen molar-refractivity contribution in [1.29, 1.82) is 0 Å². The van der Waals surface area contributed by atoms with Crippen molar-refractivity contribution in [2.75, 3.05) is 0 Å². The molecule has 0 N–H and O–H groups in total. The molecule has 3 rings (SSSR count). The number of nitrogens with zero attached hydrogens (tertiary/aromatic N) is 2. The molecule has 16 heavy (non-hydrogen) atoms. The molecule has 0 radical (unpaired) electrons. The molecular weight excluding hydrogens is 196 g/mol. The van der Waals surface area contributed by atoms with E-state index in [0.717, 1.165) is 11.8 Å². The van der Waals surface area contributed by atoms with Crippen LogP contribution in [0.4, 0.5) is 0 Å². The molecule has 0 amide bonds. The second-order valence-electron chi connectivity index (χ2n) is 6.06. The van der Waals surface area contributed by atoms with Gasteiger partial charge in [-0.15, -0.1) is 0 Å². The van der Waals surface area contributed by atoms with Gasteiger partial charge in [0.05, 0.1) is 5.69 Å². The van der Waals surface area contributed by atoms with Gasteiger partial charge in [-0.3, -0.25) is 0 Å². The van der Waals surface area contributed by atoms with Gasteiger partial charge in [-0.1, -0.05) is 20.8 Å². The van der Waals surface area contributed by atoms with E-state index in [2.05, 4.69) is 25.3 Å². The van der Waals surface area contributed by atoms with E-state index in [1.807, 2.05) is 0 Å². The molecule has 88 valence electrons. The lowest BCUT2D eigenvalue weighted by Crippen LogP contribution is -2.23. The Labute approximate surface area is 98.1 Å². The van der Waals surface area contributed by atoms with Gasteiger partial charge >= 0.3 is 0 Å². The summed E-state index contributed by atoms with van der Waals surface area (Å²) in [7, 11) is 0. The lowest BCUT2D eigenvalue weighted by molar-refractivity contribution is 0.367. The molecule has 1 aromatic heterocycles. The highest BCUT2D eigenvalue weighted by Crippen LogP contribution is 2.36. The van der Waals surface area contributed by atoms with Gasteiger partial charge in [-0.2, -0.15) is 0 Å². The summed E-state index contributed by atoms with van der Waals surface area (Å²) < 4.78 is 2.54. The Kier molecular flexibility index (Phi) is 2.34. The molecule has 3 atom stereocenters. The van der Waals surface area contributed by atoms with Gasteiger partial charge in [-0.25, -0.2) is 4.98 Å². The lowest BCUT2D eigenvalue weighted by atomic mass is 9.84. The molecule has 1 aromatic rings. The summed E-state index contributed by atoms with van der Waals surface area (Å²) in [5.41, 5.74) is 2.98. The molecule has 0 fully saturated rings. The Balaban J connectivity index is 2.06. The fourth-order valence-electron chi connectivity index (χ4n) is 3.57. The second kappa shape index (κ2) is 3.61. The average molecular weight is 218 g/mol. The molecule has 3 unspecified atom stereocenters. The van der Waals surface area contributed by atoms with Crippen molar-refractivity contribution in [2.24, 2.45) is 11.8 Å². The number of hydrogen-bond acceptors (Lipinski definition) is 1. The zero-order valence-electron chi connectivity index (χ0n) is 10.7. The fraction of sp³-hybridized carbons (Fsp3) is 0.786. The maximum atomic E-state index is 4.89. The molecule has 0 spiro atoms. The third-order valence-electron chi connectivity index (χ3n) is 4.28. The summed E-state index contributed by atoms with van der Waals surface area (Å²) >= 11 is 0. The molecule has 2 nitrogen and oxygen atoms in total. The Morgan fingerprint density at radius 3 is 2.81 bits per heavy atom. The van der Waals surface area contributed by atoms with E-state index >= 15 is 0 Å². The van der Waals surface area contributed by atoms with Crippen molar-refractivity contribution in [1.82, 2.24) is 9.55 Å². The van der Waals surface area contributed by atoms with Crippen LogP contribution < -0.4 is 0 Å². The summed E-state index contributed by atoms with van der Waals surface area (Å²) in [5.74, 6) is 3.73. The predicted octanol–water partition coefficient (Wildman–Crippen LogP) is 3.15. The predicted molar refractivity (Wildman–Crippen MR) is 65.6 cm³/mol. The Hall–Kier alpha value is -0.790. The minimum atomic E-state index is 0.713. The highest BCUT2D eigenvalue weighted by Gasteiger charge is 2.30. The molecular formula is C14H22N2. The van der Waals surface area contributed by atoms with Gasteiger partial charge in [0.15, 0.2) is 0 Å². The zero-order chi connectivity index (χ0) is 11.3. The fourth-order valence-corrected chi connectivity index (χ4v) is 3.57. The van der Waals surface area contributed by atoms with Crippen molar-refractivity contribution in [3.05, 3.63) is 17.2 Å². The first-order valence-electron chi connectivity index (χ1n) is 6.73. The first-order chi connectivity index (χ1) is 7.65. The summed E-state index contributed by atoms with van der Waals surface area (Å²) in [6, 6.07) is 0. The van der Waals surface area contributed by atoms with E-state index in [4.69, 9.17) is 4.98 Å². The molecule has 0 saturated carbocycles. The Morgan fingerprint density at radius 2 is 2.00 bits per heavy atom. The van der Waals surface area contributed by atoms with Crippen LogP contribution in [0.25, 0.3) is 0 Å². The summed E-state index contributed by atoms with van der Waals surface area (Å²) in [6.45, 7) is 8.31. The van der Waals surface area contributed by atoms with E-state index in [1.54, 1.807) is 5.69 Å². The maximum absolute atomic E-state index is 4.89. The Bertz CT molecular complexity index is 405. The number of fused-ring (bicyclic) bond motifs is 3. The molecule has 2 heteroatoms. The van der Waals surface area contributed by atoms with Crippen molar-refractivity contribution in [3.63, 3.8) is 0 Å². The molecule has 0 bridgehead atoms. The third kappa shape index (κ3) is 1.50. The normalized spacial score (nSPS) is 33.3. The SMILES string of the molecule is CC1Cc2nc3n(c2C(C)C1)CC(C)CC3. The van der Waals surface area contributed by atoms with Gasteiger partial charge in [0, 0.05) is 18.7 Å². The van der Waals surface area contributed by atoms with Crippen LogP contribution in [0.5, 0.6) is 0 Å². The topological polar surface area (TPSA) is 17.8 Å². The van der Waals surface area contributed by atoms with Gasteiger partial charge in [0.25, 0.3) is 0 Å². The smallest absolute Gasteiger partial charge is 0.109 e. The average Bonchev–Trinajstić information content (AvgIpc) is 2.54. The van der Waals surface area contributed by atoms with E-state index in [0.29, 0.717) is 5.92 Å². The largest absolute Gasteiger partial charge is 0.331 e. The first kappa shape index (κ1) is 10.4. The van der Waals surface area contributed by atoms with Gasteiger partial charge in [0.1, 0.15) is 5.82 Å². The molecule has 0 aromatic carbocycles. The van der Waals surface area contributed by atoms with Crippen LogP contribution in [0, 0.1) is 11.8 Å². The van der Waals surface area contributed by atoms with E-state index < -0.39 is 0 Å². The molecule has 1 aliphatic heterocycles. The molecule has 2 heterocycles. The number of aryl methyl sites for hydroxylation is 1. The standard InChI is InChI=1S/C14H22N2/c1-9-4-5-13-15-12-7-10(2)6-11(3)14(12)16(13)8-9/h9-11H,4-8H2,1-3H3. The minimum absolute atomic E-state index is 0.713. The third-order valence-corrected chi connectivity index (χ3v) is 4.28. The highest BCUT2D eigenvalue weighted by molar-refractivity contribution is 5.25. The number of rotatable bonds is 0. The van der Waals surface area contributed by atoms with Crippen molar-refractivity contribution < 1.29 is 0 Å². The maximum Gasteiger partial charge on any atom is 0.109 e. The minimum Gasteiger partial charge on any atom is -0.331 e. The lowest BCUT2D eigenvalue weighted by Gasteiger charge is -2.28. The van der Waals surface area contributed by atoms with Crippen LogP contribution in [0.3, 0.4) is 0 Å². The van der Waals surface area contributed by atoms with E-state index in [1.165, 1.54) is 43.7 Å². The molecule has 2 aliphatic rings. The summed E-state index contributed by atoms with van der Waals surface area (Å²) in [6.07, 6.45) is 5.05. The molecule has 1 aliphatic carbocycles. The highest BCUT2D eigenvalue weighted by atomic mass is 15.1.